The van der Waals surface area contributed by atoms with Gasteiger partial charge < -0.3 is 9.94 Å². The number of methoxy groups -OCH3 is 1. The van der Waals surface area contributed by atoms with Gasteiger partial charge in [-0.3, -0.25) is 4.72 Å². The Bertz CT molecular complexity index is 919. The molecule has 0 amide bonds. The van der Waals surface area contributed by atoms with E-state index in [4.69, 9.17) is 4.74 Å². The quantitative estimate of drug-likeness (QED) is 0.552. The molecule has 120 valence electrons. The average molecular weight is 352 g/mol. The van der Waals surface area contributed by atoms with Gasteiger partial charge in [0, 0.05) is 11.2 Å². The Morgan fingerprint density at radius 3 is 2.83 bits per heavy atom. The largest absolute Gasteiger partial charge is 0.692 e. The second kappa shape index (κ2) is 5.89. The molecule has 0 spiro atoms. The SMILES string of the molecule is COc1ccc(-n2ncc[n+]2[O-])c(NS(=O)(=O)c2cccs2)c1. The second-order valence-corrected chi connectivity index (χ2v) is 7.28. The van der Waals surface area contributed by atoms with Gasteiger partial charge in [0.2, 0.25) is 6.20 Å². The molecule has 0 bridgehead atoms. The minimum Gasteiger partial charge on any atom is -0.692 e. The van der Waals surface area contributed by atoms with Gasteiger partial charge in [0.15, 0.2) is 11.9 Å². The van der Waals surface area contributed by atoms with Crippen molar-refractivity contribution in [3.05, 3.63) is 53.3 Å². The lowest BCUT2D eigenvalue weighted by atomic mass is 10.2. The van der Waals surface area contributed by atoms with E-state index in [0.29, 0.717) is 10.6 Å². The normalized spacial score (nSPS) is 11.3. The van der Waals surface area contributed by atoms with Crippen LogP contribution in [-0.2, 0) is 10.0 Å². The third-order valence-electron chi connectivity index (χ3n) is 2.98. The summed E-state index contributed by atoms with van der Waals surface area (Å²) >= 11 is 1.09. The van der Waals surface area contributed by atoms with E-state index in [1.165, 1.54) is 31.6 Å². The van der Waals surface area contributed by atoms with Gasteiger partial charge in [-0.15, -0.1) is 11.3 Å². The maximum absolute atomic E-state index is 12.4. The number of nitrogens with one attached hydrogen (secondary N) is 1. The summed E-state index contributed by atoms with van der Waals surface area (Å²) in [7, 11) is -2.29. The molecule has 3 rings (SSSR count). The number of ether oxygens (including phenoxy) is 1. The van der Waals surface area contributed by atoms with E-state index >= 15 is 0 Å². The van der Waals surface area contributed by atoms with Crippen LogP contribution >= 0.6 is 11.3 Å². The van der Waals surface area contributed by atoms with Gasteiger partial charge in [0.25, 0.3) is 10.0 Å². The van der Waals surface area contributed by atoms with Gasteiger partial charge in [0.1, 0.15) is 9.96 Å². The lowest BCUT2D eigenvalue weighted by Crippen LogP contribution is -2.36. The van der Waals surface area contributed by atoms with Crippen LogP contribution in [0, 0.1) is 5.21 Å². The van der Waals surface area contributed by atoms with Crippen LogP contribution in [0.15, 0.2) is 52.3 Å². The molecule has 0 unspecified atom stereocenters. The molecule has 0 radical (unpaired) electrons. The number of sulfonamides is 1. The second-order valence-electron chi connectivity index (χ2n) is 4.43. The lowest BCUT2D eigenvalue weighted by Gasteiger charge is -2.12. The number of thiophene rings is 1. The van der Waals surface area contributed by atoms with Crippen LogP contribution in [0.5, 0.6) is 5.75 Å². The first-order chi connectivity index (χ1) is 11.0. The molecule has 0 aliphatic carbocycles. The molecule has 3 aromatic rings. The minimum atomic E-state index is -3.76. The van der Waals surface area contributed by atoms with Crippen LogP contribution in [0.25, 0.3) is 5.69 Å². The van der Waals surface area contributed by atoms with Gasteiger partial charge in [-0.05, 0) is 28.4 Å². The molecule has 0 aliphatic rings. The summed E-state index contributed by atoms with van der Waals surface area (Å²) in [4.78, 5) is 1.52. The third kappa shape index (κ3) is 2.98. The molecule has 0 fully saturated rings. The fourth-order valence-corrected chi connectivity index (χ4v) is 4.00. The first-order valence-electron chi connectivity index (χ1n) is 6.39. The minimum absolute atomic E-state index is 0.168. The Morgan fingerprint density at radius 1 is 1.39 bits per heavy atom. The molecule has 2 aromatic heterocycles. The van der Waals surface area contributed by atoms with Crippen LogP contribution in [0.3, 0.4) is 0 Å². The van der Waals surface area contributed by atoms with Gasteiger partial charge in [-0.2, -0.15) is 4.85 Å². The smallest absolute Gasteiger partial charge is 0.271 e. The number of nitrogens with zero attached hydrogens (tertiary/aromatic N) is 3. The van der Waals surface area contributed by atoms with Crippen LogP contribution in [-0.4, -0.2) is 25.4 Å². The van der Waals surface area contributed by atoms with E-state index in [2.05, 4.69) is 9.82 Å². The highest BCUT2D eigenvalue weighted by Gasteiger charge is 2.20. The van der Waals surface area contributed by atoms with Crippen molar-refractivity contribution < 1.29 is 18.0 Å². The maximum Gasteiger partial charge on any atom is 0.271 e. The van der Waals surface area contributed by atoms with E-state index < -0.39 is 10.0 Å². The number of anilines is 1. The number of hydrogen-bond donors (Lipinski definition) is 1. The Labute approximate surface area is 136 Å². The van der Waals surface area contributed by atoms with Crippen LogP contribution in [0.2, 0.25) is 0 Å². The van der Waals surface area contributed by atoms with Gasteiger partial charge >= 0.3 is 0 Å². The van der Waals surface area contributed by atoms with Crippen molar-refractivity contribution in [3.8, 4) is 11.4 Å². The molecule has 2 heterocycles. The number of rotatable bonds is 5. The summed E-state index contributed by atoms with van der Waals surface area (Å²) in [6.07, 6.45) is 2.52. The topological polar surface area (TPSA) is 100 Å². The highest BCUT2D eigenvalue weighted by molar-refractivity contribution is 7.94. The molecular formula is C13H12N4O4S2. The van der Waals surface area contributed by atoms with E-state index in [0.717, 1.165) is 16.1 Å². The van der Waals surface area contributed by atoms with E-state index in [1.807, 2.05) is 0 Å². The zero-order chi connectivity index (χ0) is 16.4. The van der Waals surface area contributed by atoms with Crippen LogP contribution in [0.1, 0.15) is 0 Å². The number of hydrogen-bond acceptors (Lipinski definition) is 6. The van der Waals surface area contributed by atoms with Crippen molar-refractivity contribution in [1.29, 1.82) is 0 Å². The Morgan fingerprint density at radius 2 is 2.22 bits per heavy atom. The molecule has 23 heavy (non-hydrogen) atoms. The predicted molar refractivity (Wildman–Crippen MR) is 84.2 cm³/mol. The summed E-state index contributed by atoms with van der Waals surface area (Å²) in [6, 6.07) is 7.79. The van der Waals surface area contributed by atoms with E-state index in [1.54, 1.807) is 23.6 Å². The summed E-state index contributed by atoms with van der Waals surface area (Å²) in [5, 5.41) is 17.3. The third-order valence-corrected chi connectivity index (χ3v) is 5.74. The zero-order valence-electron chi connectivity index (χ0n) is 11.9. The van der Waals surface area contributed by atoms with E-state index in [-0.39, 0.29) is 15.6 Å². The lowest BCUT2D eigenvalue weighted by molar-refractivity contribution is -0.688. The van der Waals surface area contributed by atoms with E-state index in [9.17, 15) is 13.6 Å². The summed E-state index contributed by atoms with van der Waals surface area (Å²) in [5.41, 5.74) is 0.469. The predicted octanol–water partition coefficient (Wildman–Crippen LogP) is 1.38. The van der Waals surface area contributed by atoms with Crippen molar-refractivity contribution >= 4 is 27.0 Å². The molecular weight excluding hydrogens is 340 g/mol. The molecule has 1 aromatic carbocycles. The first kappa shape index (κ1) is 15.3. The van der Waals surface area contributed by atoms with Crippen molar-refractivity contribution in [3.63, 3.8) is 0 Å². The summed E-state index contributed by atoms with van der Waals surface area (Å²) in [5.74, 6) is 0.447. The van der Waals surface area contributed by atoms with Crippen LogP contribution < -0.4 is 14.3 Å². The molecule has 1 N–H and O–H groups in total. The Hall–Kier alpha value is -2.59. The van der Waals surface area contributed by atoms with Crippen molar-refractivity contribution in [2.75, 3.05) is 11.8 Å². The standard InChI is InChI=1S/C13H12N4O4S2/c1-21-10-4-5-12(17-14-6-7-16(17)18)11(9-10)15-23(19,20)13-3-2-8-22-13/h2-9,15H,1H3. The highest BCUT2D eigenvalue weighted by Crippen LogP contribution is 2.28. The van der Waals surface area contributed by atoms with Crippen molar-refractivity contribution in [2.45, 2.75) is 4.21 Å². The van der Waals surface area contributed by atoms with Gasteiger partial charge in [0.05, 0.1) is 12.8 Å². The van der Waals surface area contributed by atoms with Crippen LogP contribution in [0.4, 0.5) is 5.69 Å². The highest BCUT2D eigenvalue weighted by atomic mass is 32.2. The number of aromatic nitrogens is 3. The fraction of sp³-hybridized carbons (Fsp3) is 0.0769. The van der Waals surface area contributed by atoms with Gasteiger partial charge in [-0.25, -0.2) is 8.42 Å². The molecule has 8 nitrogen and oxygen atoms in total. The first-order valence-corrected chi connectivity index (χ1v) is 8.76. The zero-order valence-corrected chi connectivity index (χ0v) is 13.5. The molecule has 0 saturated carbocycles. The summed E-state index contributed by atoms with van der Waals surface area (Å²) in [6.45, 7) is 0. The molecule has 0 aliphatic heterocycles. The number of benzene rings is 1. The van der Waals surface area contributed by atoms with Crippen molar-refractivity contribution in [1.82, 2.24) is 9.90 Å². The Balaban J connectivity index is 2.09. The fourth-order valence-electron chi connectivity index (χ4n) is 1.94. The molecule has 10 heteroatoms. The maximum atomic E-state index is 12.4. The molecule has 0 saturated heterocycles. The average Bonchev–Trinajstić information content (AvgIpc) is 3.18. The summed E-state index contributed by atoms with van der Waals surface area (Å²) < 4.78 is 32.6. The molecule has 0 atom stereocenters. The van der Waals surface area contributed by atoms with Crippen molar-refractivity contribution in [2.24, 2.45) is 0 Å². The monoisotopic (exact) mass is 352 g/mol. The van der Waals surface area contributed by atoms with Gasteiger partial charge in [-0.1, -0.05) is 6.07 Å². The Kier molecular flexibility index (Phi) is 3.92.